The van der Waals surface area contributed by atoms with Gasteiger partial charge in [-0.3, -0.25) is 14.8 Å². The average molecular weight is 492 g/mol. The van der Waals surface area contributed by atoms with Crippen molar-refractivity contribution in [3.05, 3.63) is 87.4 Å². The number of aryl methyl sites for hydroxylation is 2. The molecule has 0 saturated heterocycles. The van der Waals surface area contributed by atoms with Gasteiger partial charge < -0.3 is 11.1 Å². The van der Waals surface area contributed by atoms with Crippen LogP contribution in [-0.4, -0.2) is 48.1 Å². The number of hydrogen-bond acceptors (Lipinski definition) is 7. The highest BCUT2D eigenvalue weighted by atomic mass is 32.2. The molecule has 3 heterocycles. The highest BCUT2D eigenvalue weighted by molar-refractivity contribution is 7.91. The third kappa shape index (κ3) is 5.57. The van der Waals surface area contributed by atoms with E-state index in [1.807, 2.05) is 32.9 Å². The first-order valence-corrected chi connectivity index (χ1v) is 13.2. The zero-order valence-electron chi connectivity index (χ0n) is 20.2. The minimum atomic E-state index is -3.36. The number of aliphatic imine (C=N–C) groups is 1. The van der Waals surface area contributed by atoms with Gasteiger partial charge in [-0.15, -0.1) is 0 Å². The number of nitrogens with one attached hydrogen (secondary N) is 1. The molecule has 8 nitrogen and oxygen atoms in total. The minimum absolute atomic E-state index is 0.227. The summed E-state index contributed by atoms with van der Waals surface area (Å²) in [6.45, 7) is 6.07. The molecule has 2 atom stereocenters. The van der Waals surface area contributed by atoms with Gasteiger partial charge in [0.05, 0.1) is 6.04 Å². The summed E-state index contributed by atoms with van der Waals surface area (Å²) >= 11 is 0. The summed E-state index contributed by atoms with van der Waals surface area (Å²) in [6, 6.07) is 4.74. The first kappa shape index (κ1) is 24.5. The fourth-order valence-electron chi connectivity index (χ4n) is 4.45. The second-order valence-electron chi connectivity index (χ2n) is 9.11. The molecule has 0 aromatic carbocycles. The van der Waals surface area contributed by atoms with Crippen LogP contribution in [0, 0.1) is 13.8 Å². The van der Waals surface area contributed by atoms with Gasteiger partial charge in [-0.2, -0.15) is 0 Å². The van der Waals surface area contributed by atoms with E-state index >= 15 is 0 Å². The van der Waals surface area contributed by atoms with Gasteiger partial charge in [-0.25, -0.2) is 13.4 Å². The van der Waals surface area contributed by atoms with E-state index < -0.39 is 21.1 Å². The Morgan fingerprint density at radius 3 is 2.66 bits per heavy atom. The van der Waals surface area contributed by atoms with Gasteiger partial charge in [0.1, 0.15) is 11.1 Å². The monoisotopic (exact) mass is 491 g/mol. The number of nitrogen functional groups attached to an aromatic ring is 1. The van der Waals surface area contributed by atoms with E-state index in [0.717, 1.165) is 33.5 Å². The molecule has 4 rings (SSSR count). The van der Waals surface area contributed by atoms with Crippen LogP contribution in [-0.2, 0) is 22.8 Å². The minimum Gasteiger partial charge on any atom is -0.384 e. The van der Waals surface area contributed by atoms with Crippen molar-refractivity contribution in [1.29, 1.82) is 0 Å². The van der Waals surface area contributed by atoms with Crippen molar-refractivity contribution in [2.45, 2.75) is 45.0 Å². The Balaban J connectivity index is 1.53. The van der Waals surface area contributed by atoms with Crippen LogP contribution in [0.25, 0.3) is 0 Å². The van der Waals surface area contributed by atoms with Gasteiger partial charge in [-0.1, -0.05) is 18.2 Å². The van der Waals surface area contributed by atoms with E-state index in [9.17, 15) is 13.2 Å². The standard InChI is InChI=1S/C26H29N5O3S/c1-15-7-20-9-18(11-23(35(4,33)34)25(20)29-13-15)10-21-12-19(5-6-28-21)26(32)30-14-22-16(2)8-24(27)31-17(22)3/h5-9,11-13,23,25H,10,14H2,1-4H3,(H2,27,31)(H,30,32). The molecular weight excluding hydrogens is 462 g/mol. The van der Waals surface area contributed by atoms with Gasteiger partial charge in [-0.05, 0) is 66.8 Å². The van der Waals surface area contributed by atoms with E-state index in [1.54, 1.807) is 36.7 Å². The summed E-state index contributed by atoms with van der Waals surface area (Å²) in [5.41, 5.74) is 12.3. The number of nitrogens with two attached hydrogens (primary N) is 1. The van der Waals surface area contributed by atoms with Crippen LogP contribution >= 0.6 is 0 Å². The molecule has 2 aliphatic rings. The number of nitrogens with zero attached hydrogens (tertiary/aromatic N) is 3. The maximum atomic E-state index is 12.8. The first-order chi connectivity index (χ1) is 16.5. The van der Waals surface area contributed by atoms with Crippen LogP contribution in [0.1, 0.15) is 39.8 Å². The van der Waals surface area contributed by atoms with Crippen molar-refractivity contribution in [2.75, 3.05) is 12.0 Å². The van der Waals surface area contributed by atoms with Crippen molar-refractivity contribution in [1.82, 2.24) is 15.3 Å². The molecule has 0 radical (unpaired) electrons. The summed E-state index contributed by atoms with van der Waals surface area (Å²) in [6.07, 6.45) is 10.6. The number of allylic oxidation sites excluding steroid dienone is 3. The third-order valence-electron chi connectivity index (χ3n) is 6.17. The largest absolute Gasteiger partial charge is 0.384 e. The van der Waals surface area contributed by atoms with Crippen LogP contribution in [0.15, 0.2) is 64.3 Å². The molecule has 1 aliphatic heterocycles. The topological polar surface area (TPSA) is 127 Å². The number of hydrogen-bond donors (Lipinski definition) is 2. The Kier molecular flexibility index (Phi) is 6.71. The second kappa shape index (κ2) is 9.58. The number of dihydropyridines is 1. The van der Waals surface area contributed by atoms with Crippen LogP contribution < -0.4 is 11.1 Å². The molecule has 1 aliphatic carbocycles. The van der Waals surface area contributed by atoms with E-state index in [0.29, 0.717) is 30.0 Å². The van der Waals surface area contributed by atoms with E-state index in [-0.39, 0.29) is 5.91 Å². The number of pyridine rings is 2. The highest BCUT2D eigenvalue weighted by Crippen LogP contribution is 2.30. The normalized spacial score (nSPS) is 19.4. The summed E-state index contributed by atoms with van der Waals surface area (Å²) in [7, 11) is -3.36. The van der Waals surface area contributed by atoms with Crippen LogP contribution in [0.2, 0.25) is 0 Å². The lowest BCUT2D eigenvalue weighted by Gasteiger charge is -2.28. The predicted molar refractivity (Wildman–Crippen MR) is 138 cm³/mol. The number of aromatic nitrogens is 2. The predicted octanol–water partition coefficient (Wildman–Crippen LogP) is 2.83. The van der Waals surface area contributed by atoms with Crippen molar-refractivity contribution < 1.29 is 13.2 Å². The Hall–Kier alpha value is -3.59. The maximum Gasteiger partial charge on any atom is 0.251 e. The first-order valence-electron chi connectivity index (χ1n) is 11.3. The maximum absolute atomic E-state index is 12.8. The van der Waals surface area contributed by atoms with Crippen LogP contribution in [0.5, 0.6) is 0 Å². The second-order valence-corrected chi connectivity index (χ2v) is 11.3. The molecule has 2 aromatic heterocycles. The molecule has 1 amide bonds. The van der Waals surface area contributed by atoms with E-state index in [1.165, 1.54) is 6.26 Å². The highest BCUT2D eigenvalue weighted by Gasteiger charge is 2.34. The van der Waals surface area contributed by atoms with Crippen LogP contribution in [0.4, 0.5) is 5.82 Å². The van der Waals surface area contributed by atoms with Gasteiger partial charge in [0.15, 0.2) is 9.84 Å². The fourth-order valence-corrected chi connectivity index (χ4v) is 5.57. The Morgan fingerprint density at radius 2 is 1.94 bits per heavy atom. The fraction of sp³-hybridized carbons (Fsp3) is 0.308. The van der Waals surface area contributed by atoms with Crippen LogP contribution in [0.3, 0.4) is 0 Å². The number of fused-ring (bicyclic) bond motifs is 1. The van der Waals surface area contributed by atoms with Gasteiger partial charge in [0.25, 0.3) is 5.91 Å². The van der Waals surface area contributed by atoms with Crippen molar-refractivity contribution in [3.63, 3.8) is 0 Å². The number of anilines is 1. The summed E-state index contributed by atoms with van der Waals surface area (Å²) in [4.78, 5) is 26.0. The van der Waals surface area contributed by atoms with E-state index in [4.69, 9.17) is 5.73 Å². The van der Waals surface area contributed by atoms with Gasteiger partial charge in [0.2, 0.25) is 0 Å². The molecule has 182 valence electrons. The zero-order valence-corrected chi connectivity index (χ0v) is 21.1. The van der Waals surface area contributed by atoms with Crippen molar-refractivity contribution >= 4 is 27.8 Å². The number of carbonyl (C=O) groups is 1. The molecule has 35 heavy (non-hydrogen) atoms. The lowest BCUT2D eigenvalue weighted by atomic mass is 9.89. The molecule has 3 N–H and O–H groups in total. The Labute approximate surface area is 205 Å². The average Bonchev–Trinajstić information content (AvgIpc) is 2.77. The smallest absolute Gasteiger partial charge is 0.251 e. The van der Waals surface area contributed by atoms with Crippen molar-refractivity contribution in [3.8, 4) is 0 Å². The zero-order chi connectivity index (χ0) is 25.3. The Bertz CT molecular complexity index is 1400. The molecule has 9 heteroatoms. The molecule has 2 unspecified atom stereocenters. The quantitative estimate of drug-likeness (QED) is 0.640. The number of carbonyl (C=O) groups excluding carboxylic acids is 1. The van der Waals surface area contributed by atoms with Gasteiger partial charge in [0, 0.05) is 48.6 Å². The Morgan fingerprint density at radius 1 is 1.17 bits per heavy atom. The lowest BCUT2D eigenvalue weighted by Crippen LogP contribution is -2.35. The lowest BCUT2D eigenvalue weighted by molar-refractivity contribution is 0.0950. The third-order valence-corrected chi connectivity index (χ3v) is 7.56. The summed E-state index contributed by atoms with van der Waals surface area (Å²) < 4.78 is 24.9. The number of amides is 1. The molecule has 0 saturated carbocycles. The van der Waals surface area contributed by atoms with Gasteiger partial charge >= 0.3 is 0 Å². The molecular formula is C26H29N5O3S. The number of rotatable bonds is 6. The number of sulfone groups is 1. The molecule has 0 fully saturated rings. The SMILES string of the molecule is CC1=CC2=CC(Cc3cc(C(=O)NCc4c(C)cc(N)nc4C)ccn3)=CC(S(C)(=O)=O)C2N=C1. The van der Waals surface area contributed by atoms with Crippen molar-refractivity contribution in [2.24, 2.45) is 4.99 Å². The molecule has 0 bridgehead atoms. The summed E-state index contributed by atoms with van der Waals surface area (Å²) in [5.74, 6) is 0.227. The van der Waals surface area contributed by atoms with E-state index in [2.05, 4.69) is 20.3 Å². The summed E-state index contributed by atoms with van der Waals surface area (Å²) in [5, 5.41) is 2.21. The molecule has 2 aromatic rings. The molecule has 0 spiro atoms.